The van der Waals surface area contributed by atoms with E-state index in [1.165, 1.54) is 11.9 Å². The Labute approximate surface area is 46.5 Å². The van der Waals surface area contributed by atoms with Crippen molar-refractivity contribution in [2.45, 2.75) is 0 Å². The van der Waals surface area contributed by atoms with Gasteiger partial charge in [-0.25, -0.2) is 4.99 Å². The molecule has 1 aliphatic rings. The van der Waals surface area contributed by atoms with Crippen LogP contribution in [0.25, 0.3) is 0 Å². The summed E-state index contributed by atoms with van der Waals surface area (Å²) in [6, 6.07) is 0. The van der Waals surface area contributed by atoms with E-state index in [0.29, 0.717) is 6.61 Å². The van der Waals surface area contributed by atoms with Crippen LogP contribution in [0.15, 0.2) is 16.2 Å². The van der Waals surface area contributed by atoms with E-state index in [0.717, 1.165) is 5.70 Å². The standard InChI is InChI=1S/C4H4ClNO/c5-1-4-2-7-3-6-4/h1,3H,2H2. The van der Waals surface area contributed by atoms with Gasteiger partial charge in [0.25, 0.3) is 0 Å². The molecule has 0 aliphatic carbocycles. The molecule has 0 fully saturated rings. The topological polar surface area (TPSA) is 21.6 Å². The predicted molar refractivity (Wildman–Crippen MR) is 28.4 cm³/mol. The second-order valence-corrected chi connectivity index (χ2v) is 1.36. The highest BCUT2D eigenvalue weighted by Gasteiger charge is 1.97. The van der Waals surface area contributed by atoms with Gasteiger partial charge in [0.05, 0.1) is 5.70 Å². The first-order valence-electron chi connectivity index (χ1n) is 1.87. The third-order valence-corrected chi connectivity index (χ3v) is 0.902. The average molecular weight is 118 g/mol. The zero-order valence-electron chi connectivity index (χ0n) is 3.60. The minimum atomic E-state index is 0.517. The highest BCUT2D eigenvalue weighted by Crippen LogP contribution is 2.03. The summed E-state index contributed by atoms with van der Waals surface area (Å²) in [7, 11) is 0. The molecule has 1 aliphatic heterocycles. The second kappa shape index (κ2) is 1.98. The number of hydrogen-bond donors (Lipinski definition) is 0. The van der Waals surface area contributed by atoms with Gasteiger partial charge in [0.1, 0.15) is 6.61 Å². The molecule has 38 valence electrons. The van der Waals surface area contributed by atoms with Gasteiger partial charge in [0.15, 0.2) is 6.40 Å². The van der Waals surface area contributed by atoms with E-state index in [9.17, 15) is 0 Å². The lowest BCUT2D eigenvalue weighted by atomic mass is 10.6. The van der Waals surface area contributed by atoms with Gasteiger partial charge in [-0.15, -0.1) is 0 Å². The van der Waals surface area contributed by atoms with Crippen molar-refractivity contribution in [1.29, 1.82) is 0 Å². The summed E-state index contributed by atoms with van der Waals surface area (Å²) in [5.41, 5.74) is 2.19. The Morgan fingerprint density at radius 2 is 2.86 bits per heavy atom. The van der Waals surface area contributed by atoms with Crippen molar-refractivity contribution < 1.29 is 4.74 Å². The van der Waals surface area contributed by atoms with Gasteiger partial charge >= 0.3 is 0 Å². The van der Waals surface area contributed by atoms with Crippen LogP contribution in [0.4, 0.5) is 0 Å². The molecule has 1 rings (SSSR count). The van der Waals surface area contributed by atoms with Crippen LogP contribution in [0.5, 0.6) is 0 Å². The van der Waals surface area contributed by atoms with Crippen molar-refractivity contribution in [3.63, 3.8) is 0 Å². The van der Waals surface area contributed by atoms with E-state index >= 15 is 0 Å². The Balaban J connectivity index is 2.59. The Bertz CT molecular complexity index is 116. The number of halogens is 1. The van der Waals surface area contributed by atoms with Crippen molar-refractivity contribution in [3.05, 3.63) is 11.2 Å². The smallest absolute Gasteiger partial charge is 0.174 e. The molecule has 1 heterocycles. The molecule has 2 nitrogen and oxygen atoms in total. The first kappa shape index (κ1) is 4.65. The van der Waals surface area contributed by atoms with Crippen molar-refractivity contribution in [2.75, 3.05) is 6.61 Å². The highest BCUT2D eigenvalue weighted by atomic mass is 35.5. The SMILES string of the molecule is ClC=C1COC=N1. The Kier molecular flexibility index (Phi) is 1.32. The van der Waals surface area contributed by atoms with Gasteiger partial charge in [-0.05, 0) is 0 Å². The zero-order chi connectivity index (χ0) is 5.11. The Hall–Kier alpha value is -0.500. The van der Waals surface area contributed by atoms with Gasteiger partial charge < -0.3 is 4.74 Å². The van der Waals surface area contributed by atoms with Gasteiger partial charge in [-0.1, -0.05) is 11.6 Å². The highest BCUT2D eigenvalue weighted by molar-refractivity contribution is 6.25. The van der Waals surface area contributed by atoms with Crippen LogP contribution < -0.4 is 0 Å². The van der Waals surface area contributed by atoms with Crippen molar-refractivity contribution in [1.82, 2.24) is 0 Å². The number of nitrogens with zero attached hydrogens (tertiary/aromatic N) is 1. The fraction of sp³-hybridized carbons (Fsp3) is 0.250. The van der Waals surface area contributed by atoms with E-state index in [-0.39, 0.29) is 0 Å². The molecule has 0 aromatic rings. The molecule has 0 saturated heterocycles. The molecular weight excluding hydrogens is 114 g/mol. The van der Waals surface area contributed by atoms with Crippen LogP contribution >= 0.6 is 11.6 Å². The van der Waals surface area contributed by atoms with E-state index in [4.69, 9.17) is 16.3 Å². The number of rotatable bonds is 0. The molecule has 0 atom stereocenters. The molecule has 0 amide bonds. The van der Waals surface area contributed by atoms with Crippen LogP contribution in [-0.4, -0.2) is 13.0 Å². The summed E-state index contributed by atoms with van der Waals surface area (Å²) in [5.74, 6) is 0. The van der Waals surface area contributed by atoms with Crippen LogP contribution in [0.1, 0.15) is 0 Å². The first-order chi connectivity index (χ1) is 3.43. The molecular formula is C4H4ClNO. The fourth-order valence-corrected chi connectivity index (χ4v) is 0.444. The summed E-state index contributed by atoms with van der Waals surface area (Å²) >= 11 is 5.25. The van der Waals surface area contributed by atoms with E-state index in [1.54, 1.807) is 0 Å². The normalized spacial score (nSPS) is 23.3. The lowest BCUT2D eigenvalue weighted by molar-refractivity contribution is 0.378. The Morgan fingerprint density at radius 3 is 3.14 bits per heavy atom. The lowest BCUT2D eigenvalue weighted by Crippen LogP contribution is -1.79. The van der Waals surface area contributed by atoms with Gasteiger partial charge in [0.2, 0.25) is 0 Å². The van der Waals surface area contributed by atoms with Crippen LogP contribution in [0.2, 0.25) is 0 Å². The minimum Gasteiger partial charge on any atom is -0.477 e. The summed E-state index contributed by atoms with van der Waals surface area (Å²) in [5, 5.41) is 0. The molecule has 0 N–H and O–H groups in total. The van der Waals surface area contributed by atoms with Gasteiger partial charge in [-0.2, -0.15) is 0 Å². The Morgan fingerprint density at radius 1 is 2.00 bits per heavy atom. The molecule has 3 heteroatoms. The van der Waals surface area contributed by atoms with E-state index < -0.39 is 0 Å². The minimum absolute atomic E-state index is 0.517. The van der Waals surface area contributed by atoms with Crippen molar-refractivity contribution in [2.24, 2.45) is 4.99 Å². The monoisotopic (exact) mass is 117 g/mol. The molecule has 0 aromatic heterocycles. The van der Waals surface area contributed by atoms with Gasteiger partial charge in [-0.3, -0.25) is 0 Å². The molecule has 0 spiro atoms. The average Bonchev–Trinajstić information content (AvgIpc) is 2.14. The molecule has 0 bridgehead atoms. The van der Waals surface area contributed by atoms with Crippen LogP contribution in [0, 0.1) is 0 Å². The van der Waals surface area contributed by atoms with Crippen LogP contribution in [0.3, 0.4) is 0 Å². The largest absolute Gasteiger partial charge is 0.477 e. The molecule has 7 heavy (non-hydrogen) atoms. The van der Waals surface area contributed by atoms with Crippen molar-refractivity contribution in [3.8, 4) is 0 Å². The number of hydrogen-bond acceptors (Lipinski definition) is 2. The third-order valence-electron chi connectivity index (χ3n) is 0.650. The molecule has 0 unspecified atom stereocenters. The van der Waals surface area contributed by atoms with Crippen molar-refractivity contribution >= 4 is 18.0 Å². The molecule has 0 radical (unpaired) electrons. The quantitative estimate of drug-likeness (QED) is 0.466. The van der Waals surface area contributed by atoms with E-state index in [2.05, 4.69) is 4.99 Å². The van der Waals surface area contributed by atoms with Crippen LogP contribution in [-0.2, 0) is 4.74 Å². The summed E-state index contributed by atoms with van der Waals surface area (Å²) in [4.78, 5) is 3.74. The maximum Gasteiger partial charge on any atom is 0.174 e. The number of aliphatic imine (C=N–C) groups is 1. The lowest BCUT2D eigenvalue weighted by Gasteiger charge is -1.82. The maximum atomic E-state index is 5.25. The summed E-state index contributed by atoms with van der Waals surface area (Å²) in [6.45, 7) is 0.517. The molecule has 0 saturated carbocycles. The summed E-state index contributed by atoms with van der Waals surface area (Å²) in [6.07, 6.45) is 1.38. The van der Waals surface area contributed by atoms with E-state index in [1.807, 2.05) is 0 Å². The fourth-order valence-electron chi connectivity index (χ4n) is 0.325. The predicted octanol–water partition coefficient (Wildman–Crippen LogP) is 1.13. The van der Waals surface area contributed by atoms with Gasteiger partial charge in [0, 0.05) is 5.54 Å². The third kappa shape index (κ3) is 0.933. The summed E-state index contributed by atoms with van der Waals surface area (Å²) < 4.78 is 4.70. The maximum absolute atomic E-state index is 5.25. The first-order valence-corrected chi connectivity index (χ1v) is 2.30. The second-order valence-electron chi connectivity index (χ2n) is 1.15. The zero-order valence-corrected chi connectivity index (χ0v) is 4.35. The molecule has 0 aromatic carbocycles. The number of ether oxygens (including phenoxy) is 1.